The maximum absolute atomic E-state index is 2.36. The minimum atomic E-state index is 1.01. The first-order valence-electron chi connectivity index (χ1n) is 6.40. The highest BCUT2D eigenvalue weighted by atomic mass is 15.2. The Kier molecular flexibility index (Phi) is 2.67. The molecule has 0 N–H and O–H groups in total. The summed E-state index contributed by atoms with van der Waals surface area (Å²) in [6, 6.07) is 8.65. The van der Waals surface area contributed by atoms with E-state index in [1.165, 1.54) is 28.2 Å². The van der Waals surface area contributed by atoms with Crippen molar-refractivity contribution < 1.29 is 0 Å². The van der Waals surface area contributed by atoms with Crippen LogP contribution >= 0.6 is 0 Å². The van der Waals surface area contributed by atoms with Crippen molar-refractivity contribution in [1.29, 1.82) is 0 Å². The van der Waals surface area contributed by atoms with E-state index in [4.69, 9.17) is 0 Å². The van der Waals surface area contributed by atoms with E-state index >= 15 is 0 Å². The minimum absolute atomic E-state index is 1.01. The van der Waals surface area contributed by atoms with E-state index in [1.807, 2.05) is 0 Å². The van der Waals surface area contributed by atoms with E-state index < -0.39 is 0 Å². The van der Waals surface area contributed by atoms with Gasteiger partial charge in [-0.2, -0.15) is 0 Å². The third-order valence-corrected chi connectivity index (χ3v) is 3.62. The zero-order chi connectivity index (χ0) is 12.5. The van der Waals surface area contributed by atoms with Gasteiger partial charge in [0.15, 0.2) is 0 Å². The number of para-hydroxylation sites is 1. The molecule has 2 aliphatic rings. The minimum Gasteiger partial charge on any atom is -0.318 e. The summed E-state index contributed by atoms with van der Waals surface area (Å²) in [6.45, 7) is 4.26. The summed E-state index contributed by atoms with van der Waals surface area (Å²) >= 11 is 0. The lowest BCUT2D eigenvalue weighted by Gasteiger charge is -2.35. The lowest BCUT2D eigenvalue weighted by atomic mass is 9.93. The summed E-state index contributed by atoms with van der Waals surface area (Å²) in [6.07, 6.45) is 11.9. The highest BCUT2D eigenvalue weighted by Crippen LogP contribution is 2.42. The second-order valence-corrected chi connectivity index (χ2v) is 4.69. The van der Waals surface area contributed by atoms with Crippen LogP contribution in [0.3, 0.4) is 0 Å². The number of hydrogen-bond donors (Lipinski definition) is 0. The highest BCUT2D eigenvalue weighted by molar-refractivity contribution is 5.86. The molecule has 1 aromatic rings. The van der Waals surface area contributed by atoms with Crippen molar-refractivity contribution in [1.82, 2.24) is 0 Å². The molecule has 1 heteroatoms. The number of allylic oxidation sites excluding steroid dienone is 7. The largest absolute Gasteiger partial charge is 0.318 e. The third kappa shape index (κ3) is 1.63. The van der Waals surface area contributed by atoms with Gasteiger partial charge in [0, 0.05) is 23.4 Å². The van der Waals surface area contributed by atoms with E-state index in [1.54, 1.807) is 0 Å². The zero-order valence-electron chi connectivity index (χ0n) is 10.9. The Bertz CT molecular complexity index is 600. The quantitative estimate of drug-likeness (QED) is 0.684. The Balaban J connectivity index is 2.27. The van der Waals surface area contributed by atoms with E-state index in [9.17, 15) is 0 Å². The van der Waals surface area contributed by atoms with Crippen molar-refractivity contribution in [2.75, 3.05) is 4.90 Å². The molecule has 0 radical (unpaired) electrons. The monoisotopic (exact) mass is 235 g/mol. The molecule has 0 saturated heterocycles. The van der Waals surface area contributed by atoms with Crippen LogP contribution in [0.15, 0.2) is 66.0 Å². The van der Waals surface area contributed by atoms with Gasteiger partial charge < -0.3 is 4.90 Å². The second kappa shape index (κ2) is 4.34. The summed E-state index contributed by atoms with van der Waals surface area (Å²) in [7, 11) is 0. The molecule has 0 spiro atoms. The number of fused-ring (bicyclic) bond motifs is 4. The van der Waals surface area contributed by atoms with Crippen molar-refractivity contribution in [3.05, 3.63) is 71.6 Å². The van der Waals surface area contributed by atoms with Gasteiger partial charge in [-0.3, -0.25) is 0 Å². The molecule has 1 heterocycles. The van der Waals surface area contributed by atoms with Crippen molar-refractivity contribution in [2.45, 2.75) is 20.3 Å². The van der Waals surface area contributed by atoms with Gasteiger partial charge in [0.25, 0.3) is 0 Å². The SMILES string of the molecule is C/C=C(\C)N1C2=CC=CC=C(C2)c2ccccc21. The molecular weight excluding hydrogens is 218 g/mol. The van der Waals surface area contributed by atoms with Crippen molar-refractivity contribution in [2.24, 2.45) is 0 Å². The number of anilines is 1. The van der Waals surface area contributed by atoms with Gasteiger partial charge in [-0.05, 0) is 31.6 Å². The standard InChI is InChI=1S/C17H17N/c1-3-13(2)18-15-9-5-4-8-14(12-15)16-10-6-7-11-17(16)18/h3-11H,12H2,1-2H3/b13-3+. The number of nitrogens with zero attached hydrogens (tertiary/aromatic N) is 1. The second-order valence-electron chi connectivity index (χ2n) is 4.69. The van der Waals surface area contributed by atoms with E-state index in [-0.39, 0.29) is 0 Å². The molecular formula is C17H17N. The Morgan fingerprint density at radius 2 is 1.94 bits per heavy atom. The summed E-state index contributed by atoms with van der Waals surface area (Å²) in [5, 5.41) is 0. The van der Waals surface area contributed by atoms with Crippen molar-refractivity contribution in [3.63, 3.8) is 0 Å². The van der Waals surface area contributed by atoms with Crippen molar-refractivity contribution in [3.8, 4) is 0 Å². The topological polar surface area (TPSA) is 3.24 Å². The van der Waals surface area contributed by atoms with Gasteiger partial charge in [0.1, 0.15) is 0 Å². The van der Waals surface area contributed by atoms with Crippen LogP contribution in [0.5, 0.6) is 0 Å². The summed E-state index contributed by atoms with van der Waals surface area (Å²) in [5.41, 5.74) is 6.68. The summed E-state index contributed by atoms with van der Waals surface area (Å²) in [5.74, 6) is 0. The van der Waals surface area contributed by atoms with Gasteiger partial charge in [0.2, 0.25) is 0 Å². The molecule has 1 aliphatic carbocycles. The Morgan fingerprint density at radius 1 is 1.17 bits per heavy atom. The third-order valence-electron chi connectivity index (χ3n) is 3.62. The maximum atomic E-state index is 2.36. The first kappa shape index (κ1) is 11.1. The summed E-state index contributed by atoms with van der Waals surface area (Å²) < 4.78 is 0. The normalized spacial score (nSPS) is 17.9. The number of benzene rings is 1. The molecule has 0 aromatic heterocycles. The Hall–Kier alpha value is -2.02. The van der Waals surface area contributed by atoms with Gasteiger partial charge >= 0.3 is 0 Å². The molecule has 1 aliphatic heterocycles. The predicted molar refractivity (Wildman–Crippen MR) is 78.2 cm³/mol. The van der Waals surface area contributed by atoms with Crippen LogP contribution in [0.4, 0.5) is 5.69 Å². The smallest absolute Gasteiger partial charge is 0.0530 e. The fourth-order valence-electron chi connectivity index (χ4n) is 2.63. The van der Waals surface area contributed by atoms with Gasteiger partial charge in [0.05, 0.1) is 5.69 Å². The zero-order valence-corrected chi connectivity index (χ0v) is 10.9. The van der Waals surface area contributed by atoms with E-state index in [0.29, 0.717) is 0 Å². The lowest BCUT2D eigenvalue weighted by molar-refractivity contribution is 0.987. The molecule has 18 heavy (non-hydrogen) atoms. The molecule has 0 amide bonds. The molecule has 0 fully saturated rings. The fourth-order valence-corrected chi connectivity index (χ4v) is 2.63. The Morgan fingerprint density at radius 3 is 2.78 bits per heavy atom. The maximum Gasteiger partial charge on any atom is 0.0530 e. The average molecular weight is 235 g/mol. The molecule has 3 rings (SSSR count). The van der Waals surface area contributed by atoms with Crippen LogP contribution in [-0.4, -0.2) is 0 Å². The first-order chi connectivity index (χ1) is 8.81. The fraction of sp³-hybridized carbons (Fsp3) is 0.176. The van der Waals surface area contributed by atoms with Gasteiger partial charge in [-0.15, -0.1) is 0 Å². The van der Waals surface area contributed by atoms with Crippen molar-refractivity contribution >= 4 is 11.3 Å². The van der Waals surface area contributed by atoms with Crippen LogP contribution in [0.1, 0.15) is 25.8 Å². The number of hydrogen-bond acceptors (Lipinski definition) is 1. The van der Waals surface area contributed by atoms with Crippen LogP contribution in [0.25, 0.3) is 5.57 Å². The first-order valence-corrected chi connectivity index (χ1v) is 6.40. The van der Waals surface area contributed by atoms with Gasteiger partial charge in [-0.1, -0.05) is 42.5 Å². The van der Waals surface area contributed by atoms with Crippen LogP contribution in [-0.2, 0) is 0 Å². The molecule has 1 aromatic carbocycles. The van der Waals surface area contributed by atoms with Crippen LogP contribution in [0.2, 0.25) is 0 Å². The Labute approximate surface area is 108 Å². The molecule has 2 bridgehead atoms. The predicted octanol–water partition coefficient (Wildman–Crippen LogP) is 4.66. The molecule has 0 saturated carbocycles. The van der Waals surface area contributed by atoms with Crippen LogP contribution in [0, 0.1) is 0 Å². The van der Waals surface area contributed by atoms with E-state index in [2.05, 4.69) is 73.4 Å². The number of rotatable bonds is 1. The molecule has 0 atom stereocenters. The van der Waals surface area contributed by atoms with Crippen LogP contribution < -0.4 is 4.90 Å². The lowest BCUT2D eigenvalue weighted by Crippen LogP contribution is -2.25. The molecule has 1 nitrogen and oxygen atoms in total. The highest BCUT2D eigenvalue weighted by Gasteiger charge is 2.25. The average Bonchev–Trinajstić information content (AvgIpc) is 2.62. The van der Waals surface area contributed by atoms with E-state index in [0.717, 1.165) is 6.42 Å². The molecule has 90 valence electrons. The van der Waals surface area contributed by atoms with Gasteiger partial charge in [-0.25, -0.2) is 0 Å². The molecule has 0 unspecified atom stereocenters. The summed E-state index contributed by atoms with van der Waals surface area (Å²) in [4.78, 5) is 2.36.